The number of morpholine rings is 1. The van der Waals surface area contributed by atoms with Crippen LogP contribution in [-0.2, 0) is 17.7 Å². The van der Waals surface area contributed by atoms with Crippen molar-refractivity contribution in [2.75, 3.05) is 53.0 Å². The van der Waals surface area contributed by atoms with Gasteiger partial charge in [-0.2, -0.15) is 0 Å². The highest BCUT2D eigenvalue weighted by Gasteiger charge is 2.10. The summed E-state index contributed by atoms with van der Waals surface area (Å²) < 4.78 is 24.4. The smallest absolute Gasteiger partial charge is 0.191 e. The topological polar surface area (TPSA) is 58.1 Å². The third-order valence-corrected chi connectivity index (χ3v) is 5.03. The van der Waals surface area contributed by atoms with E-state index in [1.807, 2.05) is 18.2 Å². The van der Waals surface area contributed by atoms with Crippen LogP contribution in [-0.4, -0.2) is 63.9 Å². The Kier molecular flexibility index (Phi) is 8.93. The van der Waals surface area contributed by atoms with Crippen LogP contribution in [0.3, 0.4) is 0 Å². The molecule has 0 unspecified atom stereocenters. The molecule has 3 rings (SSSR count). The van der Waals surface area contributed by atoms with Gasteiger partial charge in [-0.25, -0.2) is 4.39 Å². The van der Waals surface area contributed by atoms with Gasteiger partial charge in [-0.05, 0) is 30.2 Å². The van der Waals surface area contributed by atoms with Crippen LogP contribution in [0, 0.1) is 5.82 Å². The molecular weight excluding hydrogens is 383 g/mol. The number of benzene rings is 2. The molecule has 0 atom stereocenters. The van der Waals surface area contributed by atoms with Gasteiger partial charge in [0.05, 0.1) is 13.2 Å². The van der Waals surface area contributed by atoms with Crippen LogP contribution >= 0.6 is 0 Å². The van der Waals surface area contributed by atoms with Crippen LogP contribution in [0.5, 0.6) is 5.75 Å². The van der Waals surface area contributed by atoms with Crippen molar-refractivity contribution in [3.63, 3.8) is 0 Å². The largest absolute Gasteiger partial charge is 0.492 e. The average molecular weight is 415 g/mol. The van der Waals surface area contributed by atoms with E-state index in [-0.39, 0.29) is 5.82 Å². The van der Waals surface area contributed by atoms with E-state index in [1.54, 1.807) is 19.2 Å². The highest BCUT2D eigenvalue weighted by molar-refractivity contribution is 5.79. The minimum absolute atomic E-state index is 0.213. The molecule has 6 nitrogen and oxygen atoms in total. The molecule has 0 saturated carbocycles. The molecule has 1 aliphatic rings. The molecule has 162 valence electrons. The fraction of sp³-hybridized carbons (Fsp3) is 0.435. The maximum Gasteiger partial charge on any atom is 0.191 e. The van der Waals surface area contributed by atoms with Crippen LogP contribution in [0.1, 0.15) is 11.1 Å². The van der Waals surface area contributed by atoms with Crippen molar-refractivity contribution >= 4 is 5.96 Å². The zero-order valence-corrected chi connectivity index (χ0v) is 17.6. The van der Waals surface area contributed by atoms with Gasteiger partial charge in [0.2, 0.25) is 0 Å². The zero-order valence-electron chi connectivity index (χ0n) is 17.6. The van der Waals surface area contributed by atoms with Crippen LogP contribution in [0.4, 0.5) is 4.39 Å². The Labute approximate surface area is 178 Å². The van der Waals surface area contributed by atoms with E-state index >= 15 is 0 Å². The quantitative estimate of drug-likeness (QED) is 0.488. The first-order valence-corrected chi connectivity index (χ1v) is 10.4. The van der Waals surface area contributed by atoms with Gasteiger partial charge < -0.3 is 20.1 Å². The van der Waals surface area contributed by atoms with Crippen molar-refractivity contribution < 1.29 is 13.9 Å². The third kappa shape index (κ3) is 7.31. The first kappa shape index (κ1) is 22.1. The van der Waals surface area contributed by atoms with Crippen LogP contribution in [0.15, 0.2) is 53.5 Å². The lowest BCUT2D eigenvalue weighted by Crippen LogP contribution is -2.39. The predicted molar refractivity (Wildman–Crippen MR) is 118 cm³/mol. The molecule has 30 heavy (non-hydrogen) atoms. The summed E-state index contributed by atoms with van der Waals surface area (Å²) in [4.78, 5) is 6.63. The van der Waals surface area contributed by atoms with Crippen molar-refractivity contribution in [3.05, 3.63) is 65.5 Å². The van der Waals surface area contributed by atoms with E-state index in [4.69, 9.17) is 9.47 Å². The van der Waals surface area contributed by atoms with Crippen LogP contribution in [0.2, 0.25) is 0 Å². The second-order valence-electron chi connectivity index (χ2n) is 7.14. The van der Waals surface area contributed by atoms with Gasteiger partial charge >= 0.3 is 0 Å². The van der Waals surface area contributed by atoms with Gasteiger partial charge in [0, 0.05) is 45.3 Å². The normalized spacial score (nSPS) is 15.1. The van der Waals surface area contributed by atoms with E-state index < -0.39 is 0 Å². The first-order valence-electron chi connectivity index (χ1n) is 10.4. The molecule has 2 aromatic carbocycles. The molecule has 7 heteroatoms. The molecule has 0 aromatic heterocycles. The Morgan fingerprint density at radius 2 is 1.87 bits per heavy atom. The molecule has 1 fully saturated rings. The Balaban J connectivity index is 1.42. The molecule has 2 N–H and O–H groups in total. The summed E-state index contributed by atoms with van der Waals surface area (Å²) in [6.07, 6.45) is 0.794. The zero-order chi connectivity index (χ0) is 21.0. The maximum atomic E-state index is 13.0. The minimum atomic E-state index is -0.213. The molecular formula is C23H31FN4O2. The van der Waals surface area contributed by atoms with Crippen LogP contribution < -0.4 is 15.4 Å². The number of ether oxygens (including phenoxy) is 2. The number of hydrogen-bond acceptors (Lipinski definition) is 4. The molecule has 1 heterocycles. The van der Waals surface area contributed by atoms with Gasteiger partial charge in [-0.1, -0.05) is 30.3 Å². The second kappa shape index (κ2) is 12.1. The number of nitrogens with zero attached hydrogens (tertiary/aromatic N) is 2. The molecule has 0 radical (unpaired) electrons. The fourth-order valence-electron chi connectivity index (χ4n) is 3.28. The summed E-state index contributed by atoms with van der Waals surface area (Å²) in [5.74, 6) is 1.40. The molecule has 1 aliphatic heterocycles. The van der Waals surface area contributed by atoms with Gasteiger partial charge in [0.1, 0.15) is 18.2 Å². The van der Waals surface area contributed by atoms with Gasteiger partial charge in [0.15, 0.2) is 5.96 Å². The number of aliphatic imine (C=N–C) groups is 1. The molecule has 0 bridgehead atoms. The predicted octanol–water partition coefficient (Wildman–Crippen LogP) is 2.44. The Hall–Kier alpha value is -2.64. The number of para-hydroxylation sites is 1. The number of halogens is 1. The van der Waals surface area contributed by atoms with E-state index in [0.29, 0.717) is 19.7 Å². The van der Waals surface area contributed by atoms with Crippen molar-refractivity contribution in [1.29, 1.82) is 0 Å². The minimum Gasteiger partial charge on any atom is -0.492 e. The Bertz CT molecular complexity index is 792. The summed E-state index contributed by atoms with van der Waals surface area (Å²) >= 11 is 0. The third-order valence-electron chi connectivity index (χ3n) is 5.03. The van der Waals surface area contributed by atoms with Gasteiger partial charge in [-0.15, -0.1) is 0 Å². The summed E-state index contributed by atoms with van der Waals surface area (Å²) in [6, 6.07) is 14.6. The summed E-state index contributed by atoms with van der Waals surface area (Å²) in [5, 5.41) is 6.63. The summed E-state index contributed by atoms with van der Waals surface area (Å²) in [7, 11) is 1.75. The first-order chi connectivity index (χ1) is 14.7. The summed E-state index contributed by atoms with van der Waals surface area (Å²) in [6.45, 7) is 6.41. The highest BCUT2D eigenvalue weighted by Crippen LogP contribution is 2.17. The Morgan fingerprint density at radius 1 is 1.10 bits per heavy atom. The standard InChI is InChI=1S/C23H31FN4O2/c1-25-23(26-11-10-19-6-8-21(24)9-7-19)27-18-20-4-2-3-5-22(20)30-17-14-28-12-15-29-16-13-28/h2-9H,10-18H2,1H3,(H2,25,26,27). The SMILES string of the molecule is CN=C(NCCc1ccc(F)cc1)NCc1ccccc1OCCN1CCOCC1. The molecule has 1 saturated heterocycles. The van der Waals surface area contributed by atoms with E-state index in [0.717, 1.165) is 62.1 Å². The van der Waals surface area contributed by atoms with Gasteiger partial charge in [0.25, 0.3) is 0 Å². The lowest BCUT2D eigenvalue weighted by molar-refractivity contribution is 0.0322. The van der Waals surface area contributed by atoms with Crippen molar-refractivity contribution in [2.24, 2.45) is 4.99 Å². The lowest BCUT2D eigenvalue weighted by atomic mass is 10.1. The molecule has 2 aromatic rings. The lowest BCUT2D eigenvalue weighted by Gasteiger charge is -2.26. The van der Waals surface area contributed by atoms with E-state index in [9.17, 15) is 4.39 Å². The molecule has 0 aliphatic carbocycles. The van der Waals surface area contributed by atoms with E-state index in [2.05, 4.69) is 26.6 Å². The number of hydrogen-bond donors (Lipinski definition) is 2. The number of guanidine groups is 1. The van der Waals surface area contributed by atoms with Crippen LogP contribution in [0.25, 0.3) is 0 Å². The number of rotatable bonds is 9. The highest BCUT2D eigenvalue weighted by atomic mass is 19.1. The van der Waals surface area contributed by atoms with Crippen molar-refractivity contribution in [3.8, 4) is 5.75 Å². The monoisotopic (exact) mass is 414 g/mol. The van der Waals surface area contributed by atoms with E-state index in [1.165, 1.54) is 12.1 Å². The fourth-order valence-corrected chi connectivity index (χ4v) is 3.28. The van der Waals surface area contributed by atoms with Gasteiger partial charge in [-0.3, -0.25) is 9.89 Å². The second-order valence-corrected chi connectivity index (χ2v) is 7.14. The Morgan fingerprint density at radius 3 is 2.63 bits per heavy atom. The molecule has 0 amide bonds. The van der Waals surface area contributed by atoms with Crippen molar-refractivity contribution in [2.45, 2.75) is 13.0 Å². The average Bonchev–Trinajstić information content (AvgIpc) is 2.79. The maximum absolute atomic E-state index is 13.0. The summed E-state index contributed by atoms with van der Waals surface area (Å²) in [5.41, 5.74) is 2.17. The van der Waals surface area contributed by atoms with Crippen molar-refractivity contribution in [1.82, 2.24) is 15.5 Å². The number of nitrogens with one attached hydrogen (secondary N) is 2. The molecule has 0 spiro atoms.